The minimum Gasteiger partial charge on any atom is -0.356 e. The molecule has 0 bridgehead atoms. The van der Waals surface area contributed by atoms with E-state index in [-0.39, 0.29) is 0 Å². The second-order valence-corrected chi connectivity index (χ2v) is 4.80. The molecule has 2 rings (SSSR count). The first kappa shape index (κ1) is 9.81. The molecule has 1 saturated carbocycles. The van der Waals surface area contributed by atoms with Crippen LogP contribution in [-0.4, -0.2) is 25.1 Å². The summed E-state index contributed by atoms with van der Waals surface area (Å²) in [7, 11) is 0. The van der Waals surface area contributed by atoms with Crippen LogP contribution in [0.5, 0.6) is 0 Å². The Labute approximate surface area is 86.4 Å². The molecule has 14 heavy (non-hydrogen) atoms. The lowest BCUT2D eigenvalue weighted by Crippen LogP contribution is -2.45. The monoisotopic (exact) mass is 195 g/mol. The topological polar surface area (TPSA) is 36.4 Å². The molecule has 1 aliphatic heterocycles. The van der Waals surface area contributed by atoms with E-state index in [2.05, 4.69) is 29.5 Å². The van der Waals surface area contributed by atoms with E-state index in [4.69, 9.17) is 0 Å². The van der Waals surface area contributed by atoms with E-state index >= 15 is 0 Å². The van der Waals surface area contributed by atoms with Crippen LogP contribution in [0, 0.1) is 5.41 Å². The van der Waals surface area contributed by atoms with E-state index in [9.17, 15) is 0 Å². The zero-order chi connectivity index (χ0) is 10.0. The molecular weight excluding hydrogens is 174 g/mol. The third-order valence-electron chi connectivity index (χ3n) is 3.70. The van der Waals surface area contributed by atoms with Crippen LogP contribution < -0.4 is 10.6 Å². The van der Waals surface area contributed by atoms with Gasteiger partial charge >= 0.3 is 0 Å². The van der Waals surface area contributed by atoms with Crippen molar-refractivity contribution in [2.24, 2.45) is 10.4 Å². The molecule has 1 atom stereocenters. The Morgan fingerprint density at radius 1 is 1.57 bits per heavy atom. The summed E-state index contributed by atoms with van der Waals surface area (Å²) < 4.78 is 0. The highest BCUT2D eigenvalue weighted by Crippen LogP contribution is 2.42. The second kappa shape index (κ2) is 3.79. The number of guanidine groups is 1. The van der Waals surface area contributed by atoms with E-state index in [0.29, 0.717) is 11.5 Å². The molecule has 1 fully saturated rings. The van der Waals surface area contributed by atoms with Crippen molar-refractivity contribution in [2.75, 3.05) is 13.1 Å². The third-order valence-corrected chi connectivity index (χ3v) is 3.70. The average Bonchev–Trinajstić information content (AvgIpc) is 2.50. The summed E-state index contributed by atoms with van der Waals surface area (Å²) in [4.78, 5) is 4.41. The smallest absolute Gasteiger partial charge is 0.191 e. The molecule has 0 aromatic carbocycles. The molecule has 2 aliphatic rings. The standard InChI is InChI=1S/C11H21N3/c1-3-11(5-4-6-11)8-13-10-12-7-9(2)14-10/h9H,3-8H2,1-2H3,(H2,12,13,14). The normalized spacial score (nSPS) is 29.0. The third kappa shape index (κ3) is 1.86. The fourth-order valence-electron chi connectivity index (χ4n) is 2.26. The van der Waals surface area contributed by atoms with Gasteiger partial charge in [-0.2, -0.15) is 0 Å². The van der Waals surface area contributed by atoms with Crippen molar-refractivity contribution in [3.63, 3.8) is 0 Å². The molecule has 80 valence electrons. The summed E-state index contributed by atoms with van der Waals surface area (Å²) in [6, 6.07) is 0.511. The second-order valence-electron chi connectivity index (χ2n) is 4.80. The molecule has 3 nitrogen and oxygen atoms in total. The lowest BCUT2D eigenvalue weighted by molar-refractivity contribution is 0.131. The van der Waals surface area contributed by atoms with Crippen molar-refractivity contribution < 1.29 is 0 Å². The fourth-order valence-corrected chi connectivity index (χ4v) is 2.26. The van der Waals surface area contributed by atoms with Gasteiger partial charge in [0.1, 0.15) is 0 Å². The molecule has 0 saturated heterocycles. The van der Waals surface area contributed by atoms with Gasteiger partial charge in [0.05, 0.1) is 6.54 Å². The predicted octanol–water partition coefficient (Wildman–Crippen LogP) is 1.50. The van der Waals surface area contributed by atoms with Gasteiger partial charge in [0.25, 0.3) is 0 Å². The molecule has 1 unspecified atom stereocenters. The molecule has 0 aromatic heterocycles. The highest BCUT2D eigenvalue weighted by molar-refractivity contribution is 5.81. The molecular formula is C11H21N3. The van der Waals surface area contributed by atoms with Crippen LogP contribution in [0.4, 0.5) is 0 Å². The summed E-state index contributed by atoms with van der Waals surface area (Å²) in [6.45, 7) is 6.48. The maximum Gasteiger partial charge on any atom is 0.191 e. The minimum atomic E-state index is 0.511. The molecule has 0 radical (unpaired) electrons. The molecule has 1 heterocycles. The maximum absolute atomic E-state index is 4.41. The molecule has 0 aromatic rings. The van der Waals surface area contributed by atoms with Gasteiger partial charge in [-0.3, -0.25) is 4.99 Å². The lowest BCUT2D eigenvalue weighted by Gasteiger charge is -2.41. The van der Waals surface area contributed by atoms with E-state index in [1.807, 2.05) is 0 Å². The van der Waals surface area contributed by atoms with Crippen LogP contribution in [0.1, 0.15) is 39.5 Å². The van der Waals surface area contributed by atoms with Crippen molar-refractivity contribution in [1.29, 1.82) is 0 Å². The SMILES string of the molecule is CCC1(CNC2=NCC(C)N2)CCC1. The Hall–Kier alpha value is -0.730. The maximum atomic E-state index is 4.41. The number of nitrogens with one attached hydrogen (secondary N) is 2. The molecule has 2 N–H and O–H groups in total. The van der Waals surface area contributed by atoms with Crippen molar-refractivity contribution in [1.82, 2.24) is 10.6 Å². The van der Waals surface area contributed by atoms with Crippen molar-refractivity contribution in [3.05, 3.63) is 0 Å². The van der Waals surface area contributed by atoms with E-state index in [1.54, 1.807) is 0 Å². The Morgan fingerprint density at radius 3 is 2.79 bits per heavy atom. The Kier molecular flexibility index (Phi) is 2.66. The van der Waals surface area contributed by atoms with Crippen LogP contribution in [0.3, 0.4) is 0 Å². The molecule has 0 spiro atoms. The number of aliphatic imine (C=N–C) groups is 1. The van der Waals surface area contributed by atoms with Crippen molar-refractivity contribution in [2.45, 2.75) is 45.6 Å². The Bertz CT molecular complexity index is 225. The number of hydrogen-bond donors (Lipinski definition) is 2. The summed E-state index contributed by atoms with van der Waals surface area (Å²) in [5.74, 6) is 1.01. The Balaban J connectivity index is 1.76. The van der Waals surface area contributed by atoms with Gasteiger partial charge in [-0.1, -0.05) is 13.3 Å². The average molecular weight is 195 g/mol. The summed E-state index contributed by atoms with van der Waals surface area (Å²) in [5, 5.41) is 6.78. The van der Waals surface area contributed by atoms with Crippen LogP contribution in [0.25, 0.3) is 0 Å². The van der Waals surface area contributed by atoms with Gasteiger partial charge < -0.3 is 10.6 Å². The van der Waals surface area contributed by atoms with Gasteiger partial charge in [-0.25, -0.2) is 0 Å². The van der Waals surface area contributed by atoms with Gasteiger partial charge in [-0.05, 0) is 31.6 Å². The zero-order valence-corrected chi connectivity index (χ0v) is 9.27. The van der Waals surface area contributed by atoms with Crippen LogP contribution in [0.2, 0.25) is 0 Å². The van der Waals surface area contributed by atoms with Crippen LogP contribution >= 0.6 is 0 Å². The first-order valence-corrected chi connectivity index (χ1v) is 5.79. The van der Waals surface area contributed by atoms with Crippen molar-refractivity contribution in [3.8, 4) is 0 Å². The minimum absolute atomic E-state index is 0.511. The predicted molar refractivity (Wildman–Crippen MR) is 59.5 cm³/mol. The fraction of sp³-hybridized carbons (Fsp3) is 0.909. The lowest BCUT2D eigenvalue weighted by atomic mass is 9.67. The van der Waals surface area contributed by atoms with Crippen LogP contribution in [-0.2, 0) is 0 Å². The van der Waals surface area contributed by atoms with E-state index < -0.39 is 0 Å². The highest BCUT2D eigenvalue weighted by Gasteiger charge is 2.35. The first-order valence-electron chi connectivity index (χ1n) is 5.79. The van der Waals surface area contributed by atoms with Gasteiger partial charge in [0, 0.05) is 12.6 Å². The largest absolute Gasteiger partial charge is 0.356 e. The highest BCUT2D eigenvalue weighted by atomic mass is 15.2. The summed E-state index contributed by atoms with van der Waals surface area (Å²) in [6.07, 6.45) is 5.48. The van der Waals surface area contributed by atoms with Gasteiger partial charge in [-0.15, -0.1) is 0 Å². The Morgan fingerprint density at radius 2 is 2.36 bits per heavy atom. The quantitative estimate of drug-likeness (QED) is 0.716. The zero-order valence-electron chi connectivity index (χ0n) is 9.27. The summed E-state index contributed by atoms with van der Waals surface area (Å²) in [5.41, 5.74) is 0.579. The van der Waals surface area contributed by atoms with Crippen molar-refractivity contribution >= 4 is 5.96 Å². The van der Waals surface area contributed by atoms with E-state index in [1.165, 1.54) is 25.7 Å². The molecule has 1 aliphatic carbocycles. The number of nitrogens with zero attached hydrogens (tertiary/aromatic N) is 1. The number of rotatable bonds is 3. The molecule has 3 heteroatoms. The van der Waals surface area contributed by atoms with Crippen LogP contribution in [0.15, 0.2) is 4.99 Å². The number of hydrogen-bond acceptors (Lipinski definition) is 3. The van der Waals surface area contributed by atoms with Gasteiger partial charge in [0.15, 0.2) is 5.96 Å². The molecule has 0 amide bonds. The van der Waals surface area contributed by atoms with Gasteiger partial charge in [0.2, 0.25) is 0 Å². The summed E-state index contributed by atoms with van der Waals surface area (Å²) >= 11 is 0. The van der Waals surface area contributed by atoms with E-state index in [0.717, 1.165) is 19.0 Å². The first-order chi connectivity index (χ1) is 6.74.